The van der Waals surface area contributed by atoms with Crippen LogP contribution in [0.25, 0.3) is 16.2 Å². The molecule has 1 fully saturated rings. The van der Waals surface area contributed by atoms with Crippen molar-refractivity contribution in [2.24, 2.45) is 0 Å². The standard InChI is InChI=1S/C17H20N4OS2/c22-24(12-11-20-9-5-2-6-10-20)17-19-21-13-15(18-16(21)23-17)14-7-3-1-4-8-14/h1,3-4,7-8,13H,2,5-6,9-12H2. The number of likely N-dealkylation sites (tertiary alicyclic amines) is 1. The van der Waals surface area contributed by atoms with Gasteiger partial charge in [0.2, 0.25) is 9.30 Å². The lowest BCUT2D eigenvalue weighted by Crippen LogP contribution is -2.33. The molecule has 2 aromatic heterocycles. The molecule has 1 aliphatic rings. The van der Waals surface area contributed by atoms with E-state index in [1.807, 2.05) is 36.5 Å². The molecule has 3 heterocycles. The highest BCUT2D eigenvalue weighted by Crippen LogP contribution is 2.23. The molecule has 1 unspecified atom stereocenters. The van der Waals surface area contributed by atoms with Gasteiger partial charge in [0.15, 0.2) is 0 Å². The predicted octanol–water partition coefficient (Wildman–Crippen LogP) is 3.05. The lowest BCUT2D eigenvalue weighted by Gasteiger charge is -2.25. The summed E-state index contributed by atoms with van der Waals surface area (Å²) in [5, 5.41) is 4.48. The molecular weight excluding hydrogens is 340 g/mol. The lowest BCUT2D eigenvalue weighted by atomic mass is 10.1. The first-order chi connectivity index (χ1) is 11.8. The maximum atomic E-state index is 12.5. The first-order valence-corrected chi connectivity index (χ1v) is 10.5. The summed E-state index contributed by atoms with van der Waals surface area (Å²) in [6.07, 6.45) is 5.76. The SMILES string of the molecule is O=S(CCN1CCCCC1)c1nn2cc(-c3ccccc3)nc2s1. The van der Waals surface area contributed by atoms with E-state index in [4.69, 9.17) is 0 Å². The number of hydrogen-bond donors (Lipinski definition) is 0. The van der Waals surface area contributed by atoms with Gasteiger partial charge < -0.3 is 4.90 Å². The van der Waals surface area contributed by atoms with E-state index in [1.165, 1.54) is 30.6 Å². The molecule has 0 radical (unpaired) electrons. The fraction of sp³-hybridized carbons (Fsp3) is 0.412. The minimum atomic E-state index is -1.04. The highest BCUT2D eigenvalue weighted by molar-refractivity contribution is 7.87. The molecule has 0 saturated carbocycles. The van der Waals surface area contributed by atoms with Crippen molar-refractivity contribution >= 4 is 27.1 Å². The molecule has 1 aliphatic heterocycles. The summed E-state index contributed by atoms with van der Waals surface area (Å²) in [4.78, 5) is 7.82. The second kappa shape index (κ2) is 7.13. The molecular formula is C17H20N4OS2. The number of imidazole rings is 1. The van der Waals surface area contributed by atoms with Gasteiger partial charge in [-0.05, 0) is 25.9 Å². The molecule has 1 atom stereocenters. The third-order valence-electron chi connectivity index (χ3n) is 4.33. The zero-order chi connectivity index (χ0) is 16.4. The van der Waals surface area contributed by atoms with Gasteiger partial charge in [0.05, 0.1) is 22.7 Å². The fourth-order valence-corrected chi connectivity index (χ4v) is 5.24. The maximum absolute atomic E-state index is 12.5. The van der Waals surface area contributed by atoms with E-state index in [9.17, 15) is 4.21 Å². The highest BCUT2D eigenvalue weighted by atomic mass is 32.2. The first kappa shape index (κ1) is 15.9. The second-order valence-electron chi connectivity index (χ2n) is 6.04. The van der Waals surface area contributed by atoms with Crippen molar-refractivity contribution in [3.05, 3.63) is 36.5 Å². The molecule has 0 N–H and O–H groups in total. The molecule has 24 heavy (non-hydrogen) atoms. The van der Waals surface area contributed by atoms with Crippen LogP contribution in [-0.2, 0) is 10.8 Å². The average molecular weight is 361 g/mol. The van der Waals surface area contributed by atoms with Gasteiger partial charge in [-0.2, -0.15) is 0 Å². The topological polar surface area (TPSA) is 50.5 Å². The summed E-state index contributed by atoms with van der Waals surface area (Å²) in [5.41, 5.74) is 1.97. The van der Waals surface area contributed by atoms with Crippen molar-refractivity contribution in [2.75, 3.05) is 25.4 Å². The van der Waals surface area contributed by atoms with Crippen LogP contribution in [0.5, 0.6) is 0 Å². The van der Waals surface area contributed by atoms with Crippen LogP contribution in [0.1, 0.15) is 19.3 Å². The minimum Gasteiger partial charge on any atom is -0.302 e. The Morgan fingerprint density at radius 1 is 1.12 bits per heavy atom. The Morgan fingerprint density at radius 2 is 1.92 bits per heavy atom. The third kappa shape index (κ3) is 3.43. The van der Waals surface area contributed by atoms with Gasteiger partial charge in [-0.25, -0.2) is 9.50 Å². The summed E-state index contributed by atoms with van der Waals surface area (Å²) >= 11 is 1.43. The Labute approximate surface area is 147 Å². The highest BCUT2D eigenvalue weighted by Gasteiger charge is 2.16. The van der Waals surface area contributed by atoms with Crippen molar-refractivity contribution in [3.63, 3.8) is 0 Å². The number of piperidine rings is 1. The zero-order valence-corrected chi connectivity index (χ0v) is 15.1. The van der Waals surface area contributed by atoms with Crippen molar-refractivity contribution in [3.8, 4) is 11.3 Å². The van der Waals surface area contributed by atoms with Gasteiger partial charge in [-0.15, -0.1) is 5.10 Å². The monoisotopic (exact) mass is 360 g/mol. The molecule has 0 bridgehead atoms. The molecule has 1 saturated heterocycles. The molecule has 0 aliphatic carbocycles. The molecule has 126 valence electrons. The Hall–Kier alpha value is -1.57. The van der Waals surface area contributed by atoms with Crippen LogP contribution in [-0.4, -0.2) is 49.1 Å². The fourth-order valence-electron chi connectivity index (χ4n) is 3.00. The minimum absolute atomic E-state index is 0.655. The van der Waals surface area contributed by atoms with Crippen LogP contribution in [0.4, 0.5) is 0 Å². The molecule has 0 amide bonds. The lowest BCUT2D eigenvalue weighted by molar-refractivity contribution is 0.241. The summed E-state index contributed by atoms with van der Waals surface area (Å²) in [6.45, 7) is 3.17. The van der Waals surface area contributed by atoms with Gasteiger partial charge in [0.1, 0.15) is 0 Å². The molecule has 4 rings (SSSR count). The molecule has 0 spiro atoms. The van der Waals surface area contributed by atoms with E-state index in [-0.39, 0.29) is 0 Å². The molecule has 7 heteroatoms. The van der Waals surface area contributed by atoms with Crippen molar-refractivity contribution < 1.29 is 4.21 Å². The summed E-state index contributed by atoms with van der Waals surface area (Å²) in [6, 6.07) is 10.0. The maximum Gasteiger partial charge on any atom is 0.213 e. The number of rotatable bonds is 5. The number of benzene rings is 1. The van der Waals surface area contributed by atoms with Crippen molar-refractivity contribution in [1.82, 2.24) is 19.5 Å². The second-order valence-corrected chi connectivity index (χ2v) is 8.74. The first-order valence-electron chi connectivity index (χ1n) is 8.32. The van der Waals surface area contributed by atoms with Gasteiger partial charge in [0.25, 0.3) is 0 Å². The van der Waals surface area contributed by atoms with Crippen molar-refractivity contribution in [1.29, 1.82) is 0 Å². The molecule has 5 nitrogen and oxygen atoms in total. The Balaban J connectivity index is 1.45. The van der Waals surface area contributed by atoms with Crippen LogP contribution in [0.15, 0.2) is 40.9 Å². The van der Waals surface area contributed by atoms with Gasteiger partial charge in [-0.1, -0.05) is 48.1 Å². The van der Waals surface area contributed by atoms with E-state index in [1.54, 1.807) is 4.52 Å². The van der Waals surface area contributed by atoms with Crippen LogP contribution >= 0.6 is 11.3 Å². The third-order valence-corrected chi connectivity index (χ3v) is 6.88. The summed E-state index contributed by atoms with van der Waals surface area (Å²) < 4.78 is 14.9. The van der Waals surface area contributed by atoms with E-state index in [0.29, 0.717) is 10.1 Å². The van der Waals surface area contributed by atoms with Crippen LogP contribution in [0.3, 0.4) is 0 Å². The molecule has 1 aromatic carbocycles. The van der Waals surface area contributed by atoms with Gasteiger partial charge in [0, 0.05) is 17.9 Å². The number of fused-ring (bicyclic) bond motifs is 1. The van der Waals surface area contributed by atoms with Gasteiger partial charge >= 0.3 is 0 Å². The number of nitrogens with zero attached hydrogens (tertiary/aromatic N) is 4. The Morgan fingerprint density at radius 3 is 2.67 bits per heavy atom. The van der Waals surface area contributed by atoms with E-state index >= 15 is 0 Å². The van der Waals surface area contributed by atoms with E-state index in [0.717, 1.165) is 35.9 Å². The number of aromatic nitrogens is 3. The normalized spacial score (nSPS) is 17.3. The van der Waals surface area contributed by atoms with Crippen LogP contribution in [0.2, 0.25) is 0 Å². The summed E-state index contributed by atoms with van der Waals surface area (Å²) in [7, 11) is -1.04. The van der Waals surface area contributed by atoms with Crippen molar-refractivity contribution in [2.45, 2.75) is 23.6 Å². The van der Waals surface area contributed by atoms with E-state index in [2.05, 4.69) is 15.0 Å². The number of hydrogen-bond acceptors (Lipinski definition) is 5. The Bertz CT molecular complexity index is 805. The van der Waals surface area contributed by atoms with Crippen LogP contribution in [0, 0.1) is 0 Å². The zero-order valence-electron chi connectivity index (χ0n) is 13.4. The van der Waals surface area contributed by atoms with Crippen LogP contribution < -0.4 is 0 Å². The molecule has 3 aromatic rings. The Kier molecular flexibility index (Phi) is 4.73. The summed E-state index contributed by atoms with van der Waals surface area (Å²) in [5.74, 6) is 0.655. The predicted molar refractivity (Wildman–Crippen MR) is 97.9 cm³/mol. The largest absolute Gasteiger partial charge is 0.302 e. The van der Waals surface area contributed by atoms with Gasteiger partial charge in [-0.3, -0.25) is 4.21 Å². The quantitative estimate of drug-likeness (QED) is 0.702. The van der Waals surface area contributed by atoms with E-state index < -0.39 is 10.8 Å². The average Bonchev–Trinajstić information content (AvgIpc) is 3.20. The smallest absolute Gasteiger partial charge is 0.213 e.